The molecular weight excluding hydrogens is 278 g/mol. The normalized spacial score (nSPS) is 12.9. The molecule has 2 aromatic rings. The van der Waals surface area contributed by atoms with Crippen molar-refractivity contribution in [2.45, 2.75) is 19.3 Å². The molecule has 0 aliphatic rings. The van der Waals surface area contributed by atoms with E-state index in [-0.39, 0.29) is 5.92 Å². The largest absolute Gasteiger partial charge is 0.508 e. The van der Waals surface area contributed by atoms with Gasteiger partial charge in [0.25, 0.3) is 0 Å². The summed E-state index contributed by atoms with van der Waals surface area (Å²) in [4.78, 5) is 0. The summed E-state index contributed by atoms with van der Waals surface area (Å²) in [5, 5.41) is 12.3. The number of halogens is 1. The monoisotopic (exact) mass is 293 g/mol. The Bertz CT molecular complexity index is 539. The van der Waals surface area contributed by atoms with Crippen LogP contribution in [0.25, 0.3) is 10.8 Å². The molecule has 3 heteroatoms. The van der Waals surface area contributed by atoms with Crippen LogP contribution in [0, 0.1) is 0 Å². The first-order valence-electron chi connectivity index (χ1n) is 5.74. The molecule has 3 N–H and O–H groups in total. The molecule has 0 bridgehead atoms. The minimum atomic E-state index is 0.268. The summed E-state index contributed by atoms with van der Waals surface area (Å²) >= 11 is 3.46. The molecule has 0 saturated heterocycles. The number of phenolic OH excluding ortho intramolecular Hbond substituents is 1. The molecular formula is C14H16BrNO. The number of rotatable bonds is 3. The Kier molecular flexibility index (Phi) is 3.69. The van der Waals surface area contributed by atoms with E-state index in [1.54, 1.807) is 6.07 Å². The van der Waals surface area contributed by atoms with Gasteiger partial charge in [-0.05, 0) is 47.9 Å². The minimum Gasteiger partial charge on any atom is -0.508 e. The van der Waals surface area contributed by atoms with Gasteiger partial charge in [-0.1, -0.05) is 35.0 Å². The van der Waals surface area contributed by atoms with Crippen LogP contribution in [0.3, 0.4) is 0 Å². The van der Waals surface area contributed by atoms with E-state index in [0.29, 0.717) is 12.3 Å². The second-order valence-corrected chi connectivity index (χ2v) is 5.26. The van der Waals surface area contributed by atoms with Crippen LogP contribution in [0.15, 0.2) is 34.8 Å². The third kappa shape index (κ3) is 2.45. The molecule has 90 valence electrons. The SMILES string of the molecule is CC(CCN)c1c(O)ccc2cc(Br)ccc12. The average Bonchev–Trinajstić information content (AvgIpc) is 2.29. The highest BCUT2D eigenvalue weighted by Crippen LogP contribution is 2.35. The maximum Gasteiger partial charge on any atom is 0.119 e. The number of fused-ring (bicyclic) bond motifs is 1. The highest BCUT2D eigenvalue weighted by Gasteiger charge is 2.13. The molecule has 0 fully saturated rings. The van der Waals surface area contributed by atoms with E-state index in [1.807, 2.05) is 18.2 Å². The lowest BCUT2D eigenvalue weighted by Crippen LogP contribution is -2.05. The molecule has 0 heterocycles. The van der Waals surface area contributed by atoms with Crippen molar-refractivity contribution in [1.82, 2.24) is 0 Å². The first-order chi connectivity index (χ1) is 8.13. The Labute approximate surface area is 110 Å². The van der Waals surface area contributed by atoms with Gasteiger partial charge in [-0.3, -0.25) is 0 Å². The van der Waals surface area contributed by atoms with Gasteiger partial charge in [-0.25, -0.2) is 0 Å². The van der Waals surface area contributed by atoms with E-state index in [4.69, 9.17) is 5.73 Å². The second-order valence-electron chi connectivity index (χ2n) is 4.34. The van der Waals surface area contributed by atoms with Gasteiger partial charge >= 0.3 is 0 Å². The maximum atomic E-state index is 10.0. The van der Waals surface area contributed by atoms with Gasteiger partial charge in [0.15, 0.2) is 0 Å². The molecule has 2 aromatic carbocycles. The Morgan fingerprint density at radius 1 is 1.29 bits per heavy atom. The van der Waals surface area contributed by atoms with E-state index in [0.717, 1.165) is 27.2 Å². The number of hydrogen-bond acceptors (Lipinski definition) is 2. The van der Waals surface area contributed by atoms with Crippen molar-refractivity contribution in [1.29, 1.82) is 0 Å². The molecule has 2 rings (SSSR count). The molecule has 2 nitrogen and oxygen atoms in total. The van der Waals surface area contributed by atoms with E-state index in [2.05, 4.69) is 28.9 Å². The second kappa shape index (κ2) is 5.07. The van der Waals surface area contributed by atoms with Crippen LogP contribution in [0.1, 0.15) is 24.8 Å². The lowest BCUT2D eigenvalue weighted by molar-refractivity contribution is 0.462. The van der Waals surface area contributed by atoms with Crippen LogP contribution in [0.5, 0.6) is 5.75 Å². The zero-order valence-corrected chi connectivity index (χ0v) is 11.4. The third-order valence-electron chi connectivity index (χ3n) is 3.09. The summed E-state index contributed by atoms with van der Waals surface area (Å²) in [6.45, 7) is 2.73. The first-order valence-corrected chi connectivity index (χ1v) is 6.54. The molecule has 0 saturated carbocycles. The van der Waals surface area contributed by atoms with Gasteiger partial charge in [0.1, 0.15) is 5.75 Å². The molecule has 1 unspecified atom stereocenters. The lowest BCUT2D eigenvalue weighted by atomic mass is 9.91. The molecule has 0 amide bonds. The Hall–Kier alpha value is -1.06. The fourth-order valence-electron chi connectivity index (χ4n) is 2.23. The summed E-state index contributed by atoms with van der Waals surface area (Å²) in [5.74, 6) is 0.630. The lowest BCUT2D eigenvalue weighted by Gasteiger charge is -2.15. The van der Waals surface area contributed by atoms with Crippen molar-refractivity contribution in [3.8, 4) is 5.75 Å². The van der Waals surface area contributed by atoms with Crippen LogP contribution in [-0.4, -0.2) is 11.7 Å². The molecule has 0 aliphatic heterocycles. The van der Waals surface area contributed by atoms with Crippen molar-refractivity contribution < 1.29 is 5.11 Å². The fraction of sp³-hybridized carbons (Fsp3) is 0.286. The van der Waals surface area contributed by atoms with Crippen LogP contribution in [0.2, 0.25) is 0 Å². The zero-order chi connectivity index (χ0) is 12.4. The number of hydrogen-bond donors (Lipinski definition) is 2. The Balaban J connectivity index is 2.63. The zero-order valence-electron chi connectivity index (χ0n) is 9.78. The average molecular weight is 294 g/mol. The van der Waals surface area contributed by atoms with Gasteiger partial charge in [0, 0.05) is 10.0 Å². The van der Waals surface area contributed by atoms with Gasteiger partial charge in [-0.2, -0.15) is 0 Å². The fourth-order valence-corrected chi connectivity index (χ4v) is 2.60. The number of nitrogens with two attached hydrogens (primary N) is 1. The van der Waals surface area contributed by atoms with Crippen molar-refractivity contribution in [3.63, 3.8) is 0 Å². The summed E-state index contributed by atoms with van der Waals surface area (Å²) < 4.78 is 1.05. The summed E-state index contributed by atoms with van der Waals surface area (Å²) in [6.07, 6.45) is 0.878. The molecule has 0 spiro atoms. The third-order valence-corrected chi connectivity index (χ3v) is 3.59. The van der Waals surface area contributed by atoms with E-state index in [9.17, 15) is 5.11 Å². The predicted molar refractivity (Wildman–Crippen MR) is 75.4 cm³/mol. The number of benzene rings is 2. The molecule has 0 radical (unpaired) electrons. The van der Waals surface area contributed by atoms with E-state index in [1.165, 1.54) is 0 Å². The van der Waals surface area contributed by atoms with E-state index < -0.39 is 0 Å². The summed E-state index contributed by atoms with van der Waals surface area (Å²) in [6, 6.07) is 9.81. The van der Waals surface area contributed by atoms with Gasteiger partial charge < -0.3 is 10.8 Å². The molecule has 17 heavy (non-hydrogen) atoms. The first kappa shape index (κ1) is 12.4. The van der Waals surface area contributed by atoms with Crippen LogP contribution in [0.4, 0.5) is 0 Å². The van der Waals surface area contributed by atoms with Crippen molar-refractivity contribution in [3.05, 3.63) is 40.4 Å². The van der Waals surface area contributed by atoms with Crippen LogP contribution >= 0.6 is 15.9 Å². The summed E-state index contributed by atoms with van der Waals surface area (Å²) in [5.41, 5.74) is 6.60. The predicted octanol–water partition coefficient (Wildman–Crippen LogP) is 3.76. The van der Waals surface area contributed by atoms with Crippen molar-refractivity contribution in [2.24, 2.45) is 5.73 Å². The number of phenols is 1. The van der Waals surface area contributed by atoms with Gasteiger partial charge in [-0.15, -0.1) is 0 Å². The smallest absolute Gasteiger partial charge is 0.119 e. The van der Waals surface area contributed by atoms with E-state index >= 15 is 0 Å². The highest BCUT2D eigenvalue weighted by molar-refractivity contribution is 9.10. The topological polar surface area (TPSA) is 46.2 Å². The standard InChI is InChI=1S/C14H16BrNO/c1-9(6-7-16)14-12-4-3-11(15)8-10(12)2-5-13(14)17/h2-5,8-9,17H,6-7,16H2,1H3. The molecule has 0 aliphatic carbocycles. The van der Waals surface area contributed by atoms with Crippen LogP contribution in [-0.2, 0) is 0 Å². The molecule has 0 aromatic heterocycles. The quantitative estimate of drug-likeness (QED) is 0.905. The molecule has 1 atom stereocenters. The van der Waals surface area contributed by atoms with Crippen molar-refractivity contribution in [2.75, 3.05) is 6.54 Å². The number of aromatic hydroxyl groups is 1. The Morgan fingerprint density at radius 3 is 2.76 bits per heavy atom. The van der Waals surface area contributed by atoms with Gasteiger partial charge in [0.2, 0.25) is 0 Å². The highest BCUT2D eigenvalue weighted by atomic mass is 79.9. The maximum absolute atomic E-state index is 10.0. The van der Waals surface area contributed by atoms with Gasteiger partial charge in [0.05, 0.1) is 0 Å². The minimum absolute atomic E-state index is 0.268. The van der Waals surface area contributed by atoms with Crippen molar-refractivity contribution >= 4 is 26.7 Å². The summed E-state index contributed by atoms with van der Waals surface area (Å²) in [7, 11) is 0. The Morgan fingerprint density at radius 2 is 2.06 bits per heavy atom. The van der Waals surface area contributed by atoms with Crippen LogP contribution < -0.4 is 5.73 Å².